The largest absolute Gasteiger partial charge is 0.437 e. The molecule has 0 aliphatic rings. The number of pyridine rings is 1. The molecule has 5 nitrogen and oxygen atoms in total. The van der Waals surface area contributed by atoms with E-state index in [1.807, 2.05) is 20.0 Å². The molecule has 0 aliphatic carbocycles. The minimum Gasteiger partial charge on any atom is -0.437 e. The zero-order valence-electron chi connectivity index (χ0n) is 9.64. The van der Waals surface area contributed by atoms with Crippen LogP contribution in [0.5, 0.6) is 11.6 Å². The number of aryl methyl sites for hydroxylation is 2. The number of hydrogen-bond acceptors (Lipinski definition) is 4. The van der Waals surface area contributed by atoms with Crippen molar-refractivity contribution in [3.63, 3.8) is 0 Å². The first-order chi connectivity index (χ1) is 8.11. The summed E-state index contributed by atoms with van der Waals surface area (Å²) < 4.78 is 8.30. The van der Waals surface area contributed by atoms with E-state index >= 15 is 0 Å². The SMILES string of the molecule is Cc1nn(C)c(Oc2cncc(Br)c2)c1CN. The monoisotopic (exact) mass is 296 g/mol. The molecule has 0 radical (unpaired) electrons. The van der Waals surface area contributed by atoms with Gasteiger partial charge in [-0.1, -0.05) is 0 Å². The molecule has 90 valence electrons. The van der Waals surface area contributed by atoms with Crippen molar-refractivity contribution in [3.05, 3.63) is 34.2 Å². The van der Waals surface area contributed by atoms with E-state index in [0.717, 1.165) is 15.7 Å². The number of halogens is 1. The number of rotatable bonds is 3. The number of aromatic nitrogens is 3. The maximum atomic E-state index is 5.76. The highest BCUT2D eigenvalue weighted by Crippen LogP contribution is 2.27. The topological polar surface area (TPSA) is 66.0 Å². The van der Waals surface area contributed by atoms with Gasteiger partial charge in [-0.3, -0.25) is 4.98 Å². The maximum absolute atomic E-state index is 5.76. The summed E-state index contributed by atoms with van der Waals surface area (Å²) in [6.07, 6.45) is 3.35. The minimum absolute atomic E-state index is 0.399. The summed E-state index contributed by atoms with van der Waals surface area (Å²) in [5.41, 5.74) is 7.48. The predicted molar refractivity (Wildman–Crippen MR) is 67.8 cm³/mol. The van der Waals surface area contributed by atoms with E-state index in [1.165, 1.54) is 0 Å². The molecule has 17 heavy (non-hydrogen) atoms. The predicted octanol–water partition coefficient (Wildman–Crippen LogP) is 2.14. The first-order valence-corrected chi connectivity index (χ1v) is 5.92. The number of ether oxygens (including phenoxy) is 1. The molecular weight excluding hydrogens is 284 g/mol. The van der Waals surface area contributed by atoms with Crippen LogP contribution in [-0.4, -0.2) is 14.8 Å². The molecule has 0 bridgehead atoms. The first-order valence-electron chi connectivity index (χ1n) is 5.12. The van der Waals surface area contributed by atoms with Gasteiger partial charge in [-0.25, -0.2) is 4.68 Å². The van der Waals surface area contributed by atoms with Gasteiger partial charge in [-0.15, -0.1) is 0 Å². The van der Waals surface area contributed by atoms with Crippen LogP contribution in [0, 0.1) is 6.92 Å². The minimum atomic E-state index is 0.399. The highest BCUT2D eigenvalue weighted by atomic mass is 79.9. The van der Waals surface area contributed by atoms with Crippen LogP contribution >= 0.6 is 15.9 Å². The zero-order chi connectivity index (χ0) is 12.4. The van der Waals surface area contributed by atoms with Gasteiger partial charge in [0, 0.05) is 24.3 Å². The quantitative estimate of drug-likeness (QED) is 0.942. The fraction of sp³-hybridized carbons (Fsp3) is 0.273. The zero-order valence-corrected chi connectivity index (χ0v) is 11.2. The Morgan fingerprint density at radius 3 is 2.88 bits per heavy atom. The second kappa shape index (κ2) is 4.85. The van der Waals surface area contributed by atoms with Gasteiger partial charge < -0.3 is 10.5 Å². The molecule has 0 saturated heterocycles. The van der Waals surface area contributed by atoms with Crippen LogP contribution in [0.15, 0.2) is 22.9 Å². The summed E-state index contributed by atoms with van der Waals surface area (Å²) in [6.45, 7) is 2.31. The molecule has 2 aromatic rings. The van der Waals surface area contributed by atoms with Gasteiger partial charge in [-0.2, -0.15) is 5.10 Å². The molecule has 2 heterocycles. The third kappa shape index (κ3) is 2.48. The van der Waals surface area contributed by atoms with Gasteiger partial charge in [0.15, 0.2) is 0 Å². The van der Waals surface area contributed by atoms with Crippen molar-refractivity contribution in [2.75, 3.05) is 0 Å². The van der Waals surface area contributed by atoms with E-state index in [1.54, 1.807) is 17.1 Å². The van der Waals surface area contributed by atoms with Crippen LogP contribution in [-0.2, 0) is 13.6 Å². The van der Waals surface area contributed by atoms with Crippen LogP contribution < -0.4 is 10.5 Å². The molecule has 0 unspecified atom stereocenters. The van der Waals surface area contributed by atoms with Crippen LogP contribution in [0.25, 0.3) is 0 Å². The Kier molecular flexibility index (Phi) is 3.44. The van der Waals surface area contributed by atoms with Gasteiger partial charge in [0.25, 0.3) is 0 Å². The number of nitrogens with two attached hydrogens (primary N) is 1. The van der Waals surface area contributed by atoms with E-state index in [9.17, 15) is 0 Å². The van der Waals surface area contributed by atoms with Crippen LogP contribution in [0.1, 0.15) is 11.3 Å². The lowest BCUT2D eigenvalue weighted by Gasteiger charge is -2.07. The molecule has 6 heteroatoms. The molecule has 0 aliphatic heterocycles. The molecular formula is C11H13BrN4O. The summed E-state index contributed by atoms with van der Waals surface area (Å²) in [5, 5.41) is 4.28. The average molecular weight is 297 g/mol. The van der Waals surface area contributed by atoms with Crippen molar-refractivity contribution in [2.24, 2.45) is 12.8 Å². The van der Waals surface area contributed by atoms with Crippen molar-refractivity contribution in [2.45, 2.75) is 13.5 Å². The third-order valence-electron chi connectivity index (χ3n) is 2.39. The summed E-state index contributed by atoms with van der Waals surface area (Å²) in [6, 6.07) is 1.84. The summed E-state index contributed by atoms with van der Waals surface area (Å²) in [5.74, 6) is 1.31. The Morgan fingerprint density at radius 2 is 2.24 bits per heavy atom. The van der Waals surface area contributed by atoms with Crippen LogP contribution in [0.4, 0.5) is 0 Å². The second-order valence-electron chi connectivity index (χ2n) is 3.64. The van der Waals surface area contributed by atoms with Crippen molar-refractivity contribution in [3.8, 4) is 11.6 Å². The highest BCUT2D eigenvalue weighted by Gasteiger charge is 2.14. The Morgan fingerprint density at radius 1 is 1.47 bits per heavy atom. The lowest BCUT2D eigenvalue weighted by atomic mass is 10.2. The van der Waals surface area contributed by atoms with Gasteiger partial charge in [-0.05, 0) is 28.9 Å². The van der Waals surface area contributed by atoms with E-state index in [2.05, 4.69) is 26.0 Å². The van der Waals surface area contributed by atoms with Crippen molar-refractivity contribution in [1.82, 2.24) is 14.8 Å². The molecule has 0 aromatic carbocycles. The number of hydrogen-bond donors (Lipinski definition) is 1. The molecule has 0 amide bonds. The second-order valence-corrected chi connectivity index (χ2v) is 4.55. The van der Waals surface area contributed by atoms with Crippen molar-refractivity contribution < 1.29 is 4.74 Å². The third-order valence-corrected chi connectivity index (χ3v) is 2.82. The highest BCUT2D eigenvalue weighted by molar-refractivity contribution is 9.10. The molecule has 2 aromatic heterocycles. The molecule has 0 atom stereocenters. The normalized spacial score (nSPS) is 10.6. The van der Waals surface area contributed by atoms with E-state index in [4.69, 9.17) is 10.5 Å². The smallest absolute Gasteiger partial charge is 0.222 e. The molecule has 2 N–H and O–H groups in total. The summed E-state index contributed by atoms with van der Waals surface area (Å²) in [4.78, 5) is 4.04. The van der Waals surface area contributed by atoms with Gasteiger partial charge >= 0.3 is 0 Å². The molecule has 2 rings (SSSR count). The Balaban J connectivity index is 2.36. The number of nitrogens with zero attached hydrogens (tertiary/aromatic N) is 3. The Bertz CT molecular complexity index is 538. The van der Waals surface area contributed by atoms with Crippen molar-refractivity contribution >= 4 is 15.9 Å². The van der Waals surface area contributed by atoms with Gasteiger partial charge in [0.2, 0.25) is 5.88 Å². The lowest BCUT2D eigenvalue weighted by molar-refractivity contribution is 0.424. The van der Waals surface area contributed by atoms with Crippen LogP contribution in [0.2, 0.25) is 0 Å². The van der Waals surface area contributed by atoms with Gasteiger partial charge in [0.1, 0.15) is 5.75 Å². The summed E-state index contributed by atoms with van der Waals surface area (Å²) in [7, 11) is 1.83. The average Bonchev–Trinajstić information content (AvgIpc) is 2.53. The fourth-order valence-electron chi connectivity index (χ4n) is 1.60. The Hall–Kier alpha value is -1.40. The standard InChI is InChI=1S/C11H13BrN4O/c1-7-10(4-13)11(16(2)15-7)17-9-3-8(12)5-14-6-9/h3,5-6H,4,13H2,1-2H3. The first kappa shape index (κ1) is 12.1. The maximum Gasteiger partial charge on any atom is 0.222 e. The molecule has 0 fully saturated rings. The van der Waals surface area contributed by atoms with E-state index < -0.39 is 0 Å². The summed E-state index contributed by atoms with van der Waals surface area (Å²) >= 11 is 3.35. The van der Waals surface area contributed by atoms with Crippen LogP contribution in [0.3, 0.4) is 0 Å². The Labute approximate surface area is 108 Å². The lowest BCUT2D eigenvalue weighted by Crippen LogP contribution is -2.01. The van der Waals surface area contributed by atoms with Crippen molar-refractivity contribution in [1.29, 1.82) is 0 Å². The van der Waals surface area contributed by atoms with Gasteiger partial charge in [0.05, 0.1) is 17.5 Å². The van der Waals surface area contributed by atoms with E-state index in [0.29, 0.717) is 18.2 Å². The molecule has 0 spiro atoms. The molecule has 0 saturated carbocycles. The van der Waals surface area contributed by atoms with E-state index in [-0.39, 0.29) is 0 Å². The fourth-order valence-corrected chi connectivity index (χ4v) is 1.95.